The summed E-state index contributed by atoms with van der Waals surface area (Å²) in [6.07, 6.45) is -0.411. The number of nitrogens with one attached hydrogen (secondary N) is 1. The predicted octanol–water partition coefficient (Wildman–Crippen LogP) is 2.28. The molecular formula is C13H18N2O. The zero-order chi connectivity index (χ0) is 19.2. The predicted molar refractivity (Wildman–Crippen MR) is 67.1 cm³/mol. The number of likely N-dealkylation sites (N-methyl/N-ethyl adjacent to an activating group) is 1. The van der Waals surface area contributed by atoms with Crippen LogP contribution in [-0.4, -0.2) is 37.4 Å². The second kappa shape index (κ2) is 4.58. The Labute approximate surface area is 109 Å². The summed E-state index contributed by atoms with van der Waals surface area (Å²) in [6, 6.07) is 4.92. The Morgan fingerprint density at radius 1 is 1.50 bits per heavy atom. The highest BCUT2D eigenvalue weighted by Crippen LogP contribution is 2.23. The molecule has 1 unspecified atom stereocenters. The fraction of sp³-hybridized carbons (Fsp3) is 0.385. The van der Waals surface area contributed by atoms with Crippen molar-refractivity contribution >= 4 is 10.9 Å². The van der Waals surface area contributed by atoms with E-state index in [2.05, 4.69) is 4.98 Å². The molecule has 1 heterocycles. The first-order valence-corrected chi connectivity index (χ1v) is 4.68. The van der Waals surface area contributed by atoms with Gasteiger partial charge in [0.25, 0.3) is 0 Å². The number of ether oxygens (including phenoxy) is 1. The van der Waals surface area contributed by atoms with Gasteiger partial charge in [-0.15, -0.1) is 0 Å². The maximum Gasteiger partial charge on any atom is 0.119 e. The second-order valence-electron chi connectivity index (χ2n) is 3.26. The van der Waals surface area contributed by atoms with E-state index in [1.54, 1.807) is 18.2 Å². The van der Waals surface area contributed by atoms with Crippen LogP contribution in [0, 0.1) is 0 Å². The highest BCUT2D eigenvalue weighted by Gasteiger charge is 2.05. The molecule has 0 saturated heterocycles. The summed E-state index contributed by atoms with van der Waals surface area (Å²) in [7, 11) is 1.45. The quantitative estimate of drug-likeness (QED) is 0.868. The number of nitrogens with zero attached hydrogens (tertiary/aromatic N) is 1. The standard InChI is InChI=1S/C13H18N2O/c1-15(2)7-6-10-9-14-13-5-4-11(16-3)8-12(10)13/h4-5,8-9,14H,6-7H2,1-3H3/i1D3,2D3,6D,7D2. The molecule has 0 aliphatic heterocycles. The molecule has 0 spiro atoms. The summed E-state index contributed by atoms with van der Waals surface area (Å²) in [6.45, 7) is -9.45. The monoisotopic (exact) mass is 227 g/mol. The summed E-state index contributed by atoms with van der Waals surface area (Å²) < 4.78 is 73.9. The van der Waals surface area contributed by atoms with Crippen molar-refractivity contribution < 1.29 is 17.1 Å². The van der Waals surface area contributed by atoms with E-state index in [0.29, 0.717) is 16.7 Å². The molecule has 2 aromatic rings. The smallest absolute Gasteiger partial charge is 0.119 e. The van der Waals surface area contributed by atoms with E-state index in [4.69, 9.17) is 17.1 Å². The fourth-order valence-electron chi connectivity index (χ4n) is 1.50. The van der Waals surface area contributed by atoms with Crippen LogP contribution in [0.4, 0.5) is 0 Å². The van der Waals surface area contributed by atoms with Crippen LogP contribution >= 0.6 is 0 Å². The SMILES string of the molecule is [2H]C(c1c[nH]c2ccc(OC)cc12)C([2H])([2H])N(C([2H])([2H])[2H])C([2H])([2H])[2H]. The average Bonchev–Trinajstić information content (AvgIpc) is 2.85. The maximum absolute atomic E-state index is 8.26. The summed E-state index contributed by atoms with van der Waals surface area (Å²) >= 11 is 0. The van der Waals surface area contributed by atoms with Crippen molar-refractivity contribution in [1.29, 1.82) is 0 Å². The van der Waals surface area contributed by atoms with Crippen molar-refractivity contribution in [2.75, 3.05) is 27.6 Å². The molecule has 1 N–H and O–H groups in total. The van der Waals surface area contributed by atoms with Gasteiger partial charge in [0.1, 0.15) is 5.75 Å². The molecule has 16 heavy (non-hydrogen) atoms. The second-order valence-corrected chi connectivity index (χ2v) is 3.26. The number of aromatic amines is 1. The summed E-state index contributed by atoms with van der Waals surface area (Å²) in [5, 5.41) is 0.458. The van der Waals surface area contributed by atoms with E-state index in [0.717, 1.165) is 0 Å². The zero-order valence-corrected chi connectivity index (χ0v) is 8.74. The number of benzene rings is 1. The highest BCUT2D eigenvalue weighted by atomic mass is 16.5. The van der Waals surface area contributed by atoms with Crippen LogP contribution in [0.1, 0.15) is 17.9 Å². The van der Waals surface area contributed by atoms with E-state index >= 15 is 0 Å². The lowest BCUT2D eigenvalue weighted by Crippen LogP contribution is -2.14. The number of H-pyrrole nitrogens is 1. The van der Waals surface area contributed by atoms with Gasteiger partial charge in [-0.2, -0.15) is 0 Å². The molecule has 1 aromatic carbocycles. The van der Waals surface area contributed by atoms with E-state index in [-0.39, 0.29) is 10.5 Å². The first-order valence-electron chi connectivity index (χ1n) is 9.25. The van der Waals surface area contributed by atoms with Gasteiger partial charge in [0, 0.05) is 35.9 Å². The Hall–Kier alpha value is -1.48. The molecule has 0 amide bonds. The number of rotatable bonds is 4. The Balaban J connectivity index is 2.56. The third-order valence-corrected chi connectivity index (χ3v) is 2.27. The lowest BCUT2D eigenvalue weighted by molar-refractivity contribution is 0.413. The Kier molecular flexibility index (Phi) is 1.26. The van der Waals surface area contributed by atoms with Crippen LogP contribution < -0.4 is 4.74 Å². The number of fused-ring (bicyclic) bond motifs is 1. The summed E-state index contributed by atoms with van der Waals surface area (Å²) in [5.74, 6) is 0.476. The van der Waals surface area contributed by atoms with Crippen molar-refractivity contribution in [1.82, 2.24) is 9.88 Å². The summed E-state index contributed by atoms with van der Waals surface area (Å²) in [4.78, 5) is 2.66. The molecule has 0 bridgehead atoms. The number of aromatic nitrogens is 1. The minimum absolute atomic E-state index is 0.136. The van der Waals surface area contributed by atoms with Gasteiger partial charge in [-0.25, -0.2) is 0 Å². The van der Waals surface area contributed by atoms with Crippen LogP contribution in [0.3, 0.4) is 0 Å². The largest absolute Gasteiger partial charge is 0.497 e. The Bertz CT molecular complexity index is 736. The number of methoxy groups -OCH3 is 1. The number of aryl methyl sites for hydroxylation is 1. The van der Waals surface area contributed by atoms with Gasteiger partial charge >= 0.3 is 0 Å². The number of hydrogen-bond acceptors (Lipinski definition) is 2. The molecule has 86 valence electrons. The third kappa shape index (κ3) is 2.19. The van der Waals surface area contributed by atoms with E-state index in [1.807, 2.05) is 0 Å². The van der Waals surface area contributed by atoms with Gasteiger partial charge in [-0.3, -0.25) is 0 Å². The van der Waals surface area contributed by atoms with Crippen LogP contribution in [0.15, 0.2) is 24.4 Å². The average molecular weight is 227 g/mol. The van der Waals surface area contributed by atoms with E-state index in [1.165, 1.54) is 13.3 Å². The van der Waals surface area contributed by atoms with Crippen molar-refractivity contribution in [2.24, 2.45) is 0 Å². The number of hydrogen-bond donors (Lipinski definition) is 1. The lowest BCUT2D eigenvalue weighted by atomic mass is 10.1. The Morgan fingerprint density at radius 3 is 3.12 bits per heavy atom. The van der Waals surface area contributed by atoms with Crippen molar-refractivity contribution in [3.05, 3.63) is 30.0 Å². The molecular weight excluding hydrogens is 200 g/mol. The minimum atomic E-state index is -3.24. The Morgan fingerprint density at radius 2 is 2.38 bits per heavy atom. The first kappa shape index (κ1) is 4.41. The van der Waals surface area contributed by atoms with Crippen molar-refractivity contribution in [3.8, 4) is 5.75 Å². The molecule has 0 fully saturated rings. The molecule has 3 heteroatoms. The third-order valence-electron chi connectivity index (χ3n) is 2.27. The van der Waals surface area contributed by atoms with Gasteiger partial charge in [-0.05, 0) is 44.1 Å². The molecule has 1 atom stereocenters. The molecule has 3 nitrogen and oxygen atoms in total. The van der Waals surface area contributed by atoms with Gasteiger partial charge in [-0.1, -0.05) is 0 Å². The maximum atomic E-state index is 8.26. The minimum Gasteiger partial charge on any atom is -0.497 e. The molecule has 1 aromatic heterocycles. The van der Waals surface area contributed by atoms with Crippen LogP contribution in [-0.2, 0) is 6.40 Å². The normalized spacial score (nSPS) is 24.0. The van der Waals surface area contributed by atoms with Crippen LogP contribution in [0.2, 0.25) is 0 Å². The lowest BCUT2D eigenvalue weighted by Gasteiger charge is -2.08. The molecule has 0 aliphatic rings. The van der Waals surface area contributed by atoms with Gasteiger partial charge in [0.15, 0.2) is 0 Å². The fourth-order valence-corrected chi connectivity index (χ4v) is 1.50. The van der Waals surface area contributed by atoms with E-state index in [9.17, 15) is 0 Å². The zero-order valence-electron chi connectivity index (χ0n) is 17.7. The van der Waals surface area contributed by atoms with Gasteiger partial charge in [0.05, 0.1) is 7.11 Å². The topological polar surface area (TPSA) is 28.3 Å². The van der Waals surface area contributed by atoms with Crippen LogP contribution in [0.5, 0.6) is 5.75 Å². The molecule has 0 saturated carbocycles. The molecule has 0 aliphatic carbocycles. The first-order chi connectivity index (χ1) is 11.3. The van der Waals surface area contributed by atoms with Crippen LogP contribution in [0.25, 0.3) is 10.9 Å². The molecule has 2 rings (SSSR count). The molecule has 0 radical (unpaired) electrons. The van der Waals surface area contributed by atoms with Crippen molar-refractivity contribution in [3.63, 3.8) is 0 Å². The van der Waals surface area contributed by atoms with E-state index < -0.39 is 26.8 Å². The van der Waals surface area contributed by atoms with Gasteiger partial charge in [0.2, 0.25) is 0 Å². The highest BCUT2D eigenvalue weighted by molar-refractivity contribution is 5.84. The van der Waals surface area contributed by atoms with Crippen molar-refractivity contribution in [2.45, 2.75) is 6.40 Å². The summed E-state index contributed by atoms with van der Waals surface area (Å²) in [5.41, 5.74) is 0.732. The van der Waals surface area contributed by atoms with Gasteiger partial charge < -0.3 is 14.6 Å².